The number of rotatable bonds is 11. The van der Waals surface area contributed by atoms with Crippen molar-refractivity contribution in [1.29, 1.82) is 0 Å². The number of hydrogen-bond donors (Lipinski definition) is 2. The maximum atomic E-state index is 13.2. The van der Waals surface area contributed by atoms with Gasteiger partial charge in [-0.1, -0.05) is 17.3 Å². The predicted molar refractivity (Wildman–Crippen MR) is 147 cm³/mol. The van der Waals surface area contributed by atoms with Crippen molar-refractivity contribution in [3.63, 3.8) is 0 Å². The van der Waals surface area contributed by atoms with Gasteiger partial charge in [0.25, 0.3) is 5.91 Å². The van der Waals surface area contributed by atoms with Crippen LogP contribution in [0.25, 0.3) is 0 Å². The first-order chi connectivity index (χ1) is 19.2. The standard InChI is InChI=1S/C29H35F2N5O4/c1-19(2)36-12-10-22(11-13-36)39-23-8-9-24(32-16-23)28(38)33-21-6-4-20(5-7-21)14-27(37)34-26-15-25(40-35-26)29(3,17-30)18-31/h4-9,15-16,19,22H,10-14,17-18H2,1-3H3,(H,33,38)(H,34,35,37). The third kappa shape index (κ3) is 7.41. The van der Waals surface area contributed by atoms with E-state index in [4.69, 9.17) is 9.26 Å². The number of alkyl halides is 2. The van der Waals surface area contributed by atoms with Crippen molar-refractivity contribution in [2.75, 3.05) is 37.1 Å². The van der Waals surface area contributed by atoms with Gasteiger partial charge < -0.3 is 24.8 Å². The van der Waals surface area contributed by atoms with E-state index in [1.165, 1.54) is 13.0 Å². The molecule has 2 amide bonds. The van der Waals surface area contributed by atoms with Crippen molar-refractivity contribution in [2.45, 2.75) is 57.6 Å². The molecule has 2 aromatic heterocycles. The highest BCUT2D eigenvalue weighted by Crippen LogP contribution is 2.27. The summed E-state index contributed by atoms with van der Waals surface area (Å²) in [5, 5.41) is 9.02. The highest BCUT2D eigenvalue weighted by atomic mass is 19.1. The van der Waals surface area contributed by atoms with Crippen molar-refractivity contribution >= 4 is 23.3 Å². The quantitative estimate of drug-likeness (QED) is 0.345. The third-order valence-corrected chi connectivity index (χ3v) is 7.02. The van der Waals surface area contributed by atoms with E-state index in [2.05, 4.69) is 39.5 Å². The average Bonchev–Trinajstić information content (AvgIpc) is 3.43. The zero-order valence-corrected chi connectivity index (χ0v) is 23.0. The fourth-order valence-corrected chi connectivity index (χ4v) is 4.35. The Morgan fingerprint density at radius 2 is 1.80 bits per heavy atom. The van der Waals surface area contributed by atoms with Crippen LogP contribution in [0.5, 0.6) is 5.75 Å². The molecule has 11 heteroatoms. The molecule has 1 aromatic carbocycles. The molecule has 4 rings (SSSR count). The highest BCUT2D eigenvalue weighted by molar-refractivity contribution is 6.02. The average molecular weight is 556 g/mol. The van der Waals surface area contributed by atoms with Crippen LogP contribution in [0.3, 0.4) is 0 Å². The van der Waals surface area contributed by atoms with Crippen LogP contribution < -0.4 is 15.4 Å². The molecule has 0 aliphatic carbocycles. The fourth-order valence-electron chi connectivity index (χ4n) is 4.35. The zero-order chi connectivity index (χ0) is 28.7. The lowest BCUT2D eigenvalue weighted by Crippen LogP contribution is -2.41. The maximum absolute atomic E-state index is 13.2. The minimum absolute atomic E-state index is 0.0203. The number of amides is 2. The maximum Gasteiger partial charge on any atom is 0.274 e. The second kappa shape index (κ2) is 13.0. The molecule has 1 aliphatic rings. The van der Waals surface area contributed by atoms with Gasteiger partial charge in [-0.2, -0.15) is 0 Å². The number of likely N-dealkylation sites (tertiary alicyclic amines) is 1. The number of pyridine rings is 1. The number of benzene rings is 1. The van der Waals surface area contributed by atoms with E-state index in [-0.39, 0.29) is 41.6 Å². The molecule has 0 radical (unpaired) electrons. The summed E-state index contributed by atoms with van der Waals surface area (Å²) >= 11 is 0. The molecule has 0 saturated carbocycles. The van der Waals surface area contributed by atoms with E-state index in [0.717, 1.165) is 25.9 Å². The molecule has 0 unspecified atom stereocenters. The molecule has 2 N–H and O–H groups in total. The van der Waals surface area contributed by atoms with Crippen LogP contribution in [0.15, 0.2) is 53.2 Å². The van der Waals surface area contributed by atoms with E-state index in [1.807, 2.05) is 0 Å². The van der Waals surface area contributed by atoms with Gasteiger partial charge >= 0.3 is 0 Å². The normalized spacial score (nSPS) is 14.8. The van der Waals surface area contributed by atoms with Gasteiger partial charge in [0.05, 0.1) is 18.0 Å². The Labute approximate surface area is 232 Å². The van der Waals surface area contributed by atoms with E-state index in [9.17, 15) is 18.4 Å². The number of ether oxygens (including phenoxy) is 1. The van der Waals surface area contributed by atoms with Crippen LogP contribution in [0, 0.1) is 0 Å². The number of anilines is 2. The molecule has 3 aromatic rings. The SMILES string of the molecule is CC(C)N1CCC(Oc2ccc(C(=O)Nc3ccc(CC(=O)Nc4cc(C(C)(CF)CF)on4)cc3)nc2)CC1. The number of nitrogens with one attached hydrogen (secondary N) is 2. The minimum atomic E-state index is -1.44. The summed E-state index contributed by atoms with van der Waals surface area (Å²) in [7, 11) is 0. The Morgan fingerprint density at radius 1 is 1.10 bits per heavy atom. The van der Waals surface area contributed by atoms with Crippen LogP contribution in [0.2, 0.25) is 0 Å². The molecule has 40 heavy (non-hydrogen) atoms. The summed E-state index contributed by atoms with van der Waals surface area (Å²) in [6.45, 7) is 5.87. The number of piperidine rings is 1. The largest absolute Gasteiger partial charge is 0.489 e. The van der Waals surface area contributed by atoms with E-state index in [1.54, 1.807) is 42.6 Å². The zero-order valence-electron chi connectivity index (χ0n) is 23.0. The van der Waals surface area contributed by atoms with E-state index < -0.39 is 18.8 Å². The highest BCUT2D eigenvalue weighted by Gasteiger charge is 2.32. The predicted octanol–water partition coefficient (Wildman–Crippen LogP) is 4.95. The molecule has 1 aliphatic heterocycles. The molecule has 214 valence electrons. The first kappa shape index (κ1) is 29.1. The van der Waals surface area contributed by atoms with Crippen molar-refractivity contribution < 1.29 is 27.6 Å². The van der Waals surface area contributed by atoms with Crippen LogP contribution in [0.4, 0.5) is 20.3 Å². The summed E-state index contributed by atoms with van der Waals surface area (Å²) in [6, 6.07) is 12.0. The summed E-state index contributed by atoms with van der Waals surface area (Å²) in [5.41, 5.74) is 0.0581. The van der Waals surface area contributed by atoms with Gasteiger partial charge in [0, 0.05) is 30.9 Å². The van der Waals surface area contributed by atoms with E-state index >= 15 is 0 Å². The molecule has 0 bridgehead atoms. The molecule has 1 fully saturated rings. The van der Waals surface area contributed by atoms with Gasteiger partial charge in [0.2, 0.25) is 5.91 Å². The first-order valence-electron chi connectivity index (χ1n) is 13.3. The first-order valence-corrected chi connectivity index (χ1v) is 13.3. The Morgan fingerprint density at radius 3 is 2.40 bits per heavy atom. The number of nitrogens with zero attached hydrogens (tertiary/aromatic N) is 3. The summed E-state index contributed by atoms with van der Waals surface area (Å²) in [4.78, 5) is 31.7. The van der Waals surface area contributed by atoms with Crippen molar-refractivity contribution in [2.24, 2.45) is 0 Å². The summed E-state index contributed by atoms with van der Waals surface area (Å²) < 4.78 is 37.4. The van der Waals surface area contributed by atoms with Gasteiger partial charge in [-0.15, -0.1) is 0 Å². The molecule has 3 heterocycles. The van der Waals surface area contributed by atoms with Gasteiger partial charge in [-0.05, 0) is 63.4 Å². The van der Waals surface area contributed by atoms with Crippen molar-refractivity contribution in [3.05, 3.63) is 65.7 Å². The number of carbonyl (C=O) groups excluding carboxylic acids is 2. The molecule has 9 nitrogen and oxygen atoms in total. The summed E-state index contributed by atoms with van der Waals surface area (Å²) in [6.07, 6.45) is 3.65. The Kier molecular flexibility index (Phi) is 9.46. The van der Waals surface area contributed by atoms with Gasteiger partial charge in [0.15, 0.2) is 5.82 Å². The van der Waals surface area contributed by atoms with E-state index in [0.29, 0.717) is 23.0 Å². The smallest absolute Gasteiger partial charge is 0.274 e. The van der Waals surface area contributed by atoms with Crippen LogP contribution >= 0.6 is 0 Å². The van der Waals surface area contributed by atoms with Gasteiger partial charge in [-0.3, -0.25) is 9.59 Å². The van der Waals surface area contributed by atoms with Crippen LogP contribution in [0.1, 0.15) is 55.4 Å². The third-order valence-electron chi connectivity index (χ3n) is 7.02. The minimum Gasteiger partial charge on any atom is -0.489 e. The number of hydrogen-bond acceptors (Lipinski definition) is 7. The van der Waals surface area contributed by atoms with Crippen molar-refractivity contribution in [1.82, 2.24) is 15.0 Å². The lowest BCUT2D eigenvalue weighted by molar-refractivity contribution is -0.115. The Balaban J connectivity index is 1.24. The van der Waals surface area contributed by atoms with Gasteiger partial charge in [0.1, 0.15) is 36.7 Å². The summed E-state index contributed by atoms with van der Waals surface area (Å²) in [5.74, 6) is 0.000679. The second-order valence-corrected chi connectivity index (χ2v) is 10.6. The molecule has 0 spiro atoms. The molecule has 1 saturated heterocycles. The lowest BCUT2D eigenvalue weighted by Gasteiger charge is -2.34. The number of carbonyl (C=O) groups is 2. The molecular formula is C29H35F2N5O4. The number of halogens is 2. The Hall–Kier alpha value is -3.86. The van der Waals surface area contributed by atoms with Crippen LogP contribution in [-0.2, 0) is 16.6 Å². The Bertz CT molecular complexity index is 1270. The van der Waals surface area contributed by atoms with Gasteiger partial charge in [-0.25, -0.2) is 13.8 Å². The number of aromatic nitrogens is 2. The monoisotopic (exact) mass is 555 g/mol. The topological polar surface area (TPSA) is 110 Å². The second-order valence-electron chi connectivity index (χ2n) is 10.6. The van der Waals surface area contributed by atoms with Crippen LogP contribution in [-0.4, -0.2) is 65.4 Å². The molecule has 0 atom stereocenters. The van der Waals surface area contributed by atoms with Crippen molar-refractivity contribution in [3.8, 4) is 5.75 Å². The molecular weight excluding hydrogens is 520 g/mol. The fraction of sp³-hybridized carbons (Fsp3) is 0.448. The lowest BCUT2D eigenvalue weighted by atomic mass is 9.91.